The Morgan fingerprint density at radius 1 is 1.12 bits per heavy atom. The van der Waals surface area contributed by atoms with Crippen molar-refractivity contribution in [2.45, 2.75) is 0 Å². The average molecular weight is 379 g/mol. The molecule has 2 aromatic rings. The van der Waals surface area contributed by atoms with Gasteiger partial charge >= 0.3 is 0 Å². The van der Waals surface area contributed by atoms with E-state index in [4.69, 9.17) is 28.0 Å². The van der Waals surface area contributed by atoms with Crippen LogP contribution in [0.3, 0.4) is 0 Å². The molecule has 1 aromatic carbocycles. The van der Waals surface area contributed by atoms with Crippen LogP contribution in [0, 0.1) is 0 Å². The minimum absolute atomic E-state index is 0.517. The average Bonchev–Trinajstić information content (AvgIpc) is 2.65. The second kappa shape index (κ2) is 8.52. The molecule has 0 atom stereocenters. The molecule has 2 heterocycles. The molecule has 25 heavy (non-hydrogen) atoms. The predicted molar refractivity (Wildman–Crippen MR) is 103 cm³/mol. The summed E-state index contributed by atoms with van der Waals surface area (Å²) in [6.07, 6.45) is 1.83. The second-order valence-corrected chi connectivity index (χ2v) is 6.61. The van der Waals surface area contributed by atoms with E-state index in [9.17, 15) is 0 Å². The van der Waals surface area contributed by atoms with Crippen LogP contribution >= 0.6 is 23.2 Å². The van der Waals surface area contributed by atoms with Crippen molar-refractivity contribution >= 4 is 34.7 Å². The molecule has 0 saturated carbocycles. The third-order valence-electron chi connectivity index (χ3n) is 4.17. The summed E-state index contributed by atoms with van der Waals surface area (Å²) >= 11 is 12.1. The van der Waals surface area contributed by atoms with Gasteiger partial charge in [-0.3, -0.25) is 4.90 Å². The van der Waals surface area contributed by atoms with Crippen LogP contribution in [0.2, 0.25) is 10.0 Å². The van der Waals surface area contributed by atoms with E-state index in [0.29, 0.717) is 16.6 Å². The summed E-state index contributed by atoms with van der Waals surface area (Å²) in [7, 11) is 1.55. The SMILES string of the molecule is CO/N=C(/CN1CCN(c2ccccn2)CC1)c1ccc(Cl)c(Cl)c1. The van der Waals surface area contributed by atoms with Crippen molar-refractivity contribution in [1.82, 2.24) is 9.88 Å². The molecule has 0 aliphatic carbocycles. The number of oxime groups is 1. The minimum Gasteiger partial charge on any atom is -0.399 e. The van der Waals surface area contributed by atoms with E-state index in [-0.39, 0.29) is 0 Å². The van der Waals surface area contributed by atoms with Crippen LogP contribution in [-0.2, 0) is 4.84 Å². The Hall–Kier alpha value is -1.82. The Labute approximate surface area is 157 Å². The molecule has 0 unspecified atom stereocenters. The van der Waals surface area contributed by atoms with E-state index in [0.717, 1.165) is 43.3 Å². The number of pyridine rings is 1. The summed E-state index contributed by atoms with van der Waals surface area (Å²) in [5, 5.41) is 5.23. The van der Waals surface area contributed by atoms with Crippen molar-refractivity contribution < 1.29 is 4.84 Å². The van der Waals surface area contributed by atoms with Gasteiger partial charge in [-0.05, 0) is 24.3 Å². The number of nitrogens with zero attached hydrogens (tertiary/aromatic N) is 4. The molecule has 132 valence electrons. The number of aromatic nitrogens is 1. The molecule has 0 bridgehead atoms. The van der Waals surface area contributed by atoms with E-state index < -0.39 is 0 Å². The van der Waals surface area contributed by atoms with Crippen molar-refractivity contribution in [3.05, 3.63) is 58.2 Å². The number of anilines is 1. The van der Waals surface area contributed by atoms with Crippen molar-refractivity contribution in [3.63, 3.8) is 0 Å². The van der Waals surface area contributed by atoms with E-state index in [1.165, 1.54) is 0 Å². The molecule has 0 N–H and O–H groups in total. The molecule has 3 rings (SSSR count). The van der Waals surface area contributed by atoms with Gasteiger partial charge in [-0.1, -0.05) is 40.5 Å². The van der Waals surface area contributed by atoms with E-state index in [1.54, 1.807) is 13.2 Å². The number of halogens is 2. The monoisotopic (exact) mass is 378 g/mol. The third-order valence-corrected chi connectivity index (χ3v) is 4.91. The summed E-state index contributed by atoms with van der Waals surface area (Å²) in [6, 6.07) is 11.5. The normalized spacial score (nSPS) is 16.1. The van der Waals surface area contributed by atoms with Gasteiger partial charge in [0, 0.05) is 44.5 Å². The fourth-order valence-electron chi connectivity index (χ4n) is 2.85. The molecule has 1 saturated heterocycles. The van der Waals surface area contributed by atoms with Gasteiger partial charge in [-0.2, -0.15) is 0 Å². The second-order valence-electron chi connectivity index (χ2n) is 5.80. The van der Waals surface area contributed by atoms with Crippen LogP contribution in [0.4, 0.5) is 5.82 Å². The Balaban J connectivity index is 1.64. The van der Waals surface area contributed by atoms with Gasteiger partial charge in [0.05, 0.1) is 10.0 Å². The molecular weight excluding hydrogens is 359 g/mol. The highest BCUT2D eigenvalue weighted by Gasteiger charge is 2.20. The van der Waals surface area contributed by atoms with Crippen LogP contribution in [-0.4, -0.2) is 55.4 Å². The summed E-state index contributed by atoms with van der Waals surface area (Å²) in [5.74, 6) is 1.03. The lowest BCUT2D eigenvalue weighted by Crippen LogP contribution is -2.48. The Bertz CT molecular complexity index is 731. The standard InChI is InChI=1S/C18H20Cl2N4O/c1-25-22-17(14-5-6-15(19)16(20)12-14)13-23-8-10-24(11-9-23)18-4-2-3-7-21-18/h2-7,12H,8-11,13H2,1H3/b22-17-. The first-order chi connectivity index (χ1) is 12.2. The highest BCUT2D eigenvalue weighted by molar-refractivity contribution is 6.42. The van der Waals surface area contributed by atoms with E-state index in [2.05, 4.69) is 19.9 Å². The molecule has 1 aliphatic heterocycles. The molecule has 0 radical (unpaired) electrons. The van der Waals surface area contributed by atoms with Crippen LogP contribution in [0.25, 0.3) is 0 Å². The number of piperazine rings is 1. The highest BCUT2D eigenvalue weighted by atomic mass is 35.5. The first kappa shape index (κ1) is 18.0. The maximum atomic E-state index is 6.13. The summed E-state index contributed by atoms with van der Waals surface area (Å²) in [5.41, 5.74) is 1.76. The lowest BCUT2D eigenvalue weighted by molar-refractivity contribution is 0.209. The summed E-state index contributed by atoms with van der Waals surface area (Å²) < 4.78 is 0. The Kier molecular flexibility index (Phi) is 6.13. The number of hydrogen-bond acceptors (Lipinski definition) is 5. The molecule has 7 heteroatoms. The predicted octanol–water partition coefficient (Wildman–Crippen LogP) is 3.56. The molecular formula is C18H20Cl2N4O. The van der Waals surface area contributed by atoms with Crippen molar-refractivity contribution in [2.24, 2.45) is 5.16 Å². The van der Waals surface area contributed by atoms with Gasteiger partial charge in [0.15, 0.2) is 0 Å². The molecule has 1 aliphatic rings. The molecule has 5 nitrogen and oxygen atoms in total. The van der Waals surface area contributed by atoms with E-state index in [1.807, 2.05) is 36.5 Å². The first-order valence-electron chi connectivity index (χ1n) is 8.11. The summed E-state index contributed by atoms with van der Waals surface area (Å²) in [6.45, 7) is 4.42. The van der Waals surface area contributed by atoms with Crippen molar-refractivity contribution in [1.29, 1.82) is 0 Å². The van der Waals surface area contributed by atoms with Crippen molar-refractivity contribution in [3.8, 4) is 0 Å². The van der Waals surface area contributed by atoms with Gasteiger partial charge in [-0.15, -0.1) is 0 Å². The van der Waals surface area contributed by atoms with Crippen LogP contribution in [0.15, 0.2) is 47.8 Å². The van der Waals surface area contributed by atoms with Gasteiger partial charge < -0.3 is 9.74 Å². The molecule has 1 aromatic heterocycles. The number of benzene rings is 1. The van der Waals surface area contributed by atoms with E-state index >= 15 is 0 Å². The fourth-order valence-corrected chi connectivity index (χ4v) is 3.14. The fraction of sp³-hybridized carbons (Fsp3) is 0.333. The van der Waals surface area contributed by atoms with Crippen molar-refractivity contribution in [2.75, 3.05) is 44.7 Å². The summed E-state index contributed by atoms with van der Waals surface area (Å²) in [4.78, 5) is 14.1. The maximum Gasteiger partial charge on any atom is 0.128 e. The highest BCUT2D eigenvalue weighted by Crippen LogP contribution is 2.23. The topological polar surface area (TPSA) is 41.0 Å². The quantitative estimate of drug-likeness (QED) is 0.589. The van der Waals surface area contributed by atoms with Gasteiger partial charge in [0.1, 0.15) is 18.6 Å². The van der Waals surface area contributed by atoms with Gasteiger partial charge in [0.2, 0.25) is 0 Å². The zero-order chi connectivity index (χ0) is 17.6. The zero-order valence-corrected chi connectivity index (χ0v) is 15.5. The van der Waals surface area contributed by atoms with Gasteiger partial charge in [0.25, 0.3) is 0 Å². The zero-order valence-electron chi connectivity index (χ0n) is 14.0. The minimum atomic E-state index is 0.517. The molecule has 0 amide bonds. The largest absolute Gasteiger partial charge is 0.399 e. The lowest BCUT2D eigenvalue weighted by Gasteiger charge is -2.35. The Morgan fingerprint density at radius 3 is 2.56 bits per heavy atom. The maximum absolute atomic E-state index is 6.13. The first-order valence-corrected chi connectivity index (χ1v) is 8.87. The van der Waals surface area contributed by atoms with Crippen LogP contribution in [0.1, 0.15) is 5.56 Å². The number of rotatable bonds is 5. The number of hydrogen-bond donors (Lipinski definition) is 0. The van der Waals surface area contributed by atoms with Crippen LogP contribution in [0.5, 0.6) is 0 Å². The smallest absolute Gasteiger partial charge is 0.128 e. The molecule has 1 fully saturated rings. The molecule has 0 spiro atoms. The van der Waals surface area contributed by atoms with Crippen LogP contribution < -0.4 is 4.90 Å². The van der Waals surface area contributed by atoms with Gasteiger partial charge in [-0.25, -0.2) is 4.98 Å². The Morgan fingerprint density at radius 2 is 1.92 bits per heavy atom. The third kappa shape index (κ3) is 4.63. The lowest BCUT2D eigenvalue weighted by atomic mass is 10.1.